The lowest BCUT2D eigenvalue weighted by molar-refractivity contribution is 0.586. The van der Waals surface area contributed by atoms with Crippen LogP contribution in [0.5, 0.6) is 0 Å². The van der Waals surface area contributed by atoms with Crippen molar-refractivity contribution in [2.24, 2.45) is 0 Å². The van der Waals surface area contributed by atoms with E-state index in [-0.39, 0.29) is 11.6 Å². The Morgan fingerprint density at radius 1 is 0.963 bits per heavy atom. The number of hydrogen-bond acceptors (Lipinski definition) is 6. The van der Waals surface area contributed by atoms with Crippen LogP contribution in [0, 0.1) is 11.6 Å². The minimum Gasteiger partial charge on any atom is -0.372 e. The molecule has 0 fully saturated rings. The molecule has 3 aromatic rings. The lowest BCUT2D eigenvalue weighted by Gasteiger charge is -2.21. The maximum Gasteiger partial charge on any atom is 0.249 e. The molecule has 0 saturated heterocycles. The van der Waals surface area contributed by atoms with Crippen molar-refractivity contribution in [3.63, 3.8) is 0 Å². The average molecular weight is 370 g/mol. The number of nitrogens with zero attached hydrogens (tertiary/aromatic N) is 4. The number of hydrogen-bond donors (Lipinski definition) is 2. The van der Waals surface area contributed by atoms with Crippen molar-refractivity contribution in [2.45, 2.75) is 13.8 Å². The van der Waals surface area contributed by atoms with Crippen molar-refractivity contribution in [2.75, 3.05) is 28.6 Å². The molecule has 0 saturated carbocycles. The van der Waals surface area contributed by atoms with Gasteiger partial charge in [-0.2, -0.15) is 10.1 Å². The lowest BCUT2D eigenvalue weighted by Crippen LogP contribution is -2.21. The monoisotopic (exact) mass is 370 g/mol. The molecule has 0 radical (unpaired) electrons. The van der Waals surface area contributed by atoms with Crippen LogP contribution in [0.3, 0.4) is 0 Å². The van der Waals surface area contributed by atoms with Crippen LogP contribution < -0.4 is 15.5 Å². The zero-order chi connectivity index (χ0) is 19.2. The molecule has 2 aromatic carbocycles. The Labute approximate surface area is 156 Å². The van der Waals surface area contributed by atoms with Gasteiger partial charge >= 0.3 is 0 Å². The second kappa shape index (κ2) is 8.39. The van der Waals surface area contributed by atoms with Crippen molar-refractivity contribution in [3.8, 4) is 0 Å². The Morgan fingerprint density at radius 3 is 2.37 bits per heavy atom. The van der Waals surface area contributed by atoms with E-state index < -0.39 is 11.6 Å². The molecule has 1 heterocycles. The molecule has 0 amide bonds. The van der Waals surface area contributed by atoms with E-state index in [0.717, 1.165) is 36.6 Å². The van der Waals surface area contributed by atoms with E-state index >= 15 is 0 Å². The van der Waals surface area contributed by atoms with Crippen LogP contribution in [0.2, 0.25) is 0 Å². The molecule has 0 bridgehead atoms. The number of aromatic nitrogens is 3. The Hall–Kier alpha value is -3.29. The van der Waals surface area contributed by atoms with Gasteiger partial charge in [0.05, 0.1) is 11.9 Å². The third-order valence-electron chi connectivity index (χ3n) is 4.00. The summed E-state index contributed by atoms with van der Waals surface area (Å²) in [6.45, 7) is 6.10. The summed E-state index contributed by atoms with van der Waals surface area (Å²) in [6, 6.07) is 11.2. The molecule has 0 unspecified atom stereocenters. The number of rotatable bonds is 7. The Morgan fingerprint density at radius 2 is 1.70 bits per heavy atom. The van der Waals surface area contributed by atoms with Crippen LogP contribution in [-0.4, -0.2) is 28.3 Å². The zero-order valence-corrected chi connectivity index (χ0v) is 15.1. The molecule has 0 aliphatic heterocycles. The van der Waals surface area contributed by atoms with Gasteiger partial charge in [-0.25, -0.2) is 8.78 Å². The van der Waals surface area contributed by atoms with E-state index in [1.165, 1.54) is 12.3 Å². The summed E-state index contributed by atoms with van der Waals surface area (Å²) in [4.78, 5) is 6.50. The summed E-state index contributed by atoms with van der Waals surface area (Å²) in [5.74, 6) is -0.833. The highest BCUT2D eigenvalue weighted by Gasteiger charge is 2.07. The van der Waals surface area contributed by atoms with Gasteiger partial charge < -0.3 is 15.5 Å². The fourth-order valence-corrected chi connectivity index (χ4v) is 2.62. The van der Waals surface area contributed by atoms with Crippen LogP contribution in [-0.2, 0) is 0 Å². The predicted octanol–water partition coefficient (Wildman–Crippen LogP) is 4.48. The van der Waals surface area contributed by atoms with E-state index in [1.54, 1.807) is 0 Å². The molecule has 8 heteroatoms. The topological polar surface area (TPSA) is 66.0 Å². The van der Waals surface area contributed by atoms with E-state index in [0.29, 0.717) is 5.82 Å². The molecule has 3 rings (SSSR count). The van der Waals surface area contributed by atoms with Gasteiger partial charge in [-0.05, 0) is 50.2 Å². The first kappa shape index (κ1) is 18.5. The first-order valence-corrected chi connectivity index (χ1v) is 8.63. The van der Waals surface area contributed by atoms with Crippen LogP contribution in [0.1, 0.15) is 13.8 Å². The minimum absolute atomic E-state index is 0.0684. The number of anilines is 5. The van der Waals surface area contributed by atoms with Crippen LogP contribution >= 0.6 is 0 Å². The first-order valence-electron chi connectivity index (χ1n) is 8.63. The highest BCUT2D eigenvalue weighted by molar-refractivity contribution is 5.62. The second-order valence-corrected chi connectivity index (χ2v) is 5.76. The quantitative estimate of drug-likeness (QED) is 0.639. The Bertz CT molecular complexity index is 897. The Balaban J connectivity index is 1.72. The van der Waals surface area contributed by atoms with Crippen molar-refractivity contribution in [1.29, 1.82) is 0 Å². The fraction of sp³-hybridized carbons (Fsp3) is 0.211. The largest absolute Gasteiger partial charge is 0.372 e. The van der Waals surface area contributed by atoms with Gasteiger partial charge in [-0.3, -0.25) is 0 Å². The summed E-state index contributed by atoms with van der Waals surface area (Å²) in [5, 5.41) is 13.5. The van der Waals surface area contributed by atoms with Gasteiger partial charge in [0.25, 0.3) is 0 Å². The summed E-state index contributed by atoms with van der Waals surface area (Å²) >= 11 is 0. The predicted molar refractivity (Wildman–Crippen MR) is 103 cm³/mol. The smallest absolute Gasteiger partial charge is 0.249 e. The van der Waals surface area contributed by atoms with Crippen molar-refractivity contribution >= 4 is 28.8 Å². The molecule has 6 nitrogen and oxygen atoms in total. The molecule has 2 N–H and O–H groups in total. The van der Waals surface area contributed by atoms with Crippen molar-refractivity contribution < 1.29 is 8.78 Å². The molecule has 140 valence electrons. The van der Waals surface area contributed by atoms with E-state index in [9.17, 15) is 8.78 Å². The number of nitrogens with one attached hydrogen (secondary N) is 2. The van der Waals surface area contributed by atoms with Gasteiger partial charge in [-0.1, -0.05) is 0 Å². The lowest BCUT2D eigenvalue weighted by atomic mass is 10.2. The minimum atomic E-state index is -0.732. The molecular weight excluding hydrogens is 350 g/mol. The van der Waals surface area contributed by atoms with Crippen LogP contribution in [0.4, 0.5) is 37.6 Å². The molecule has 1 aromatic heterocycles. The number of halogens is 2. The number of benzene rings is 2. The molecule has 27 heavy (non-hydrogen) atoms. The van der Waals surface area contributed by atoms with E-state index in [4.69, 9.17) is 0 Å². The summed E-state index contributed by atoms with van der Waals surface area (Å²) in [5.41, 5.74) is 2.05. The maximum atomic E-state index is 13.7. The third kappa shape index (κ3) is 4.66. The van der Waals surface area contributed by atoms with Gasteiger partial charge in [0, 0.05) is 30.5 Å². The van der Waals surface area contributed by atoms with Crippen LogP contribution in [0.15, 0.2) is 48.7 Å². The van der Waals surface area contributed by atoms with Crippen molar-refractivity contribution in [1.82, 2.24) is 15.2 Å². The molecule has 0 spiro atoms. The van der Waals surface area contributed by atoms with Gasteiger partial charge in [0.1, 0.15) is 11.6 Å². The van der Waals surface area contributed by atoms with E-state index in [2.05, 4.69) is 44.6 Å². The normalized spacial score (nSPS) is 10.5. The van der Waals surface area contributed by atoms with Crippen molar-refractivity contribution in [3.05, 3.63) is 60.3 Å². The molecular formula is C19H20F2N6. The highest BCUT2D eigenvalue weighted by atomic mass is 19.1. The van der Waals surface area contributed by atoms with Gasteiger partial charge in [-0.15, -0.1) is 5.10 Å². The summed E-state index contributed by atoms with van der Waals surface area (Å²) in [7, 11) is 0. The fourth-order valence-electron chi connectivity index (χ4n) is 2.62. The van der Waals surface area contributed by atoms with Crippen LogP contribution in [0.25, 0.3) is 0 Å². The first-order chi connectivity index (χ1) is 13.1. The molecule has 0 aliphatic rings. The average Bonchev–Trinajstić information content (AvgIpc) is 2.67. The molecule has 0 atom stereocenters. The van der Waals surface area contributed by atoms with Gasteiger partial charge in [0.2, 0.25) is 5.95 Å². The Kier molecular flexibility index (Phi) is 5.75. The third-order valence-corrected chi connectivity index (χ3v) is 4.00. The zero-order valence-electron chi connectivity index (χ0n) is 15.1. The summed E-state index contributed by atoms with van der Waals surface area (Å²) in [6.07, 6.45) is 1.46. The second-order valence-electron chi connectivity index (χ2n) is 5.76. The van der Waals surface area contributed by atoms with E-state index in [1.807, 2.05) is 24.3 Å². The molecule has 0 aliphatic carbocycles. The van der Waals surface area contributed by atoms with Gasteiger partial charge in [0.15, 0.2) is 5.82 Å². The SMILES string of the molecule is CCN(CC)c1ccc(Nc2cnnc(Nc3ccc(F)cc3F)n2)cc1. The highest BCUT2D eigenvalue weighted by Crippen LogP contribution is 2.22. The maximum absolute atomic E-state index is 13.7. The standard InChI is InChI=1S/C19H20F2N6/c1-3-27(4-2)15-8-6-14(7-9-15)23-18-12-22-26-19(25-18)24-17-10-5-13(20)11-16(17)21/h5-12H,3-4H2,1-2H3,(H2,23,24,25,26). The summed E-state index contributed by atoms with van der Waals surface area (Å²) < 4.78 is 26.7.